The van der Waals surface area contributed by atoms with Gasteiger partial charge in [-0.25, -0.2) is 0 Å². The van der Waals surface area contributed by atoms with Crippen LogP contribution >= 0.6 is 0 Å². The topological polar surface area (TPSA) is 128 Å². The van der Waals surface area contributed by atoms with Gasteiger partial charge in [0.2, 0.25) is 0 Å². The third kappa shape index (κ3) is 14.7. The van der Waals surface area contributed by atoms with E-state index in [9.17, 15) is 0 Å². The molecule has 0 heterocycles. The quantitative estimate of drug-likeness (QED) is 0.207. The molecule has 6 nitrogen and oxygen atoms in total. The minimum atomic E-state index is 0.117. The van der Waals surface area contributed by atoms with E-state index in [4.69, 9.17) is 22.9 Å². The van der Waals surface area contributed by atoms with Crippen molar-refractivity contribution in [1.29, 1.82) is 0 Å². The molecule has 0 rings (SSSR count). The maximum atomic E-state index is 6.12. The summed E-state index contributed by atoms with van der Waals surface area (Å²) < 4.78 is 0. The first-order chi connectivity index (χ1) is 10.7. The second-order valence-corrected chi connectivity index (χ2v) is 6.10. The molecule has 134 valence electrons. The number of rotatable bonds is 17. The third-order valence-electron chi connectivity index (χ3n) is 3.95. The van der Waals surface area contributed by atoms with Gasteiger partial charge in [0.1, 0.15) is 0 Å². The lowest BCUT2D eigenvalue weighted by molar-refractivity contribution is 0.438. The van der Waals surface area contributed by atoms with Gasteiger partial charge in [-0.05, 0) is 84.2 Å². The molecule has 0 spiro atoms. The SMILES string of the molecule is NCCCCC(N)C(N)CCCNCCCCNCCCN. The largest absolute Gasteiger partial charge is 0.330 e. The van der Waals surface area contributed by atoms with E-state index >= 15 is 0 Å². The number of unbranched alkanes of at least 4 members (excludes halogenated alkanes) is 2. The number of nitrogens with two attached hydrogens (primary N) is 4. The van der Waals surface area contributed by atoms with E-state index in [-0.39, 0.29) is 12.1 Å². The number of nitrogens with one attached hydrogen (secondary N) is 2. The van der Waals surface area contributed by atoms with Crippen molar-refractivity contribution in [2.45, 2.75) is 63.5 Å². The highest BCUT2D eigenvalue weighted by Gasteiger charge is 2.11. The van der Waals surface area contributed by atoms with Crippen molar-refractivity contribution in [2.24, 2.45) is 22.9 Å². The van der Waals surface area contributed by atoms with Crippen molar-refractivity contribution < 1.29 is 0 Å². The van der Waals surface area contributed by atoms with Crippen LogP contribution in [0.5, 0.6) is 0 Å². The molecule has 0 aromatic carbocycles. The monoisotopic (exact) mass is 316 g/mol. The van der Waals surface area contributed by atoms with Crippen LogP contribution in [0.4, 0.5) is 0 Å². The van der Waals surface area contributed by atoms with E-state index in [1.54, 1.807) is 0 Å². The Morgan fingerprint density at radius 1 is 0.545 bits per heavy atom. The maximum Gasteiger partial charge on any atom is 0.0192 e. The molecule has 0 aliphatic carbocycles. The van der Waals surface area contributed by atoms with Crippen molar-refractivity contribution >= 4 is 0 Å². The molecule has 22 heavy (non-hydrogen) atoms. The molecule has 0 aliphatic rings. The average Bonchev–Trinajstić information content (AvgIpc) is 2.52. The lowest BCUT2D eigenvalue weighted by atomic mass is 9.99. The van der Waals surface area contributed by atoms with E-state index in [1.165, 1.54) is 12.8 Å². The van der Waals surface area contributed by atoms with Crippen LogP contribution in [0.2, 0.25) is 0 Å². The molecule has 2 unspecified atom stereocenters. The lowest BCUT2D eigenvalue weighted by Gasteiger charge is -2.19. The minimum Gasteiger partial charge on any atom is -0.330 e. The minimum absolute atomic E-state index is 0.117. The molecule has 2 atom stereocenters. The second-order valence-electron chi connectivity index (χ2n) is 6.10. The smallest absolute Gasteiger partial charge is 0.0192 e. The van der Waals surface area contributed by atoms with Gasteiger partial charge in [-0.3, -0.25) is 0 Å². The van der Waals surface area contributed by atoms with Crippen LogP contribution in [-0.4, -0.2) is 51.4 Å². The summed E-state index contributed by atoms with van der Waals surface area (Å²) in [6.45, 7) is 5.75. The molecule has 0 radical (unpaired) electrons. The lowest BCUT2D eigenvalue weighted by Crippen LogP contribution is -2.41. The Morgan fingerprint density at radius 3 is 1.55 bits per heavy atom. The molecule has 0 bridgehead atoms. The summed E-state index contributed by atoms with van der Waals surface area (Å²) in [6.07, 6.45) is 8.70. The summed E-state index contributed by atoms with van der Waals surface area (Å²) in [5, 5.41) is 6.86. The van der Waals surface area contributed by atoms with E-state index in [0.29, 0.717) is 0 Å². The van der Waals surface area contributed by atoms with Gasteiger partial charge in [0.05, 0.1) is 0 Å². The zero-order valence-corrected chi connectivity index (χ0v) is 14.4. The predicted molar refractivity (Wildman–Crippen MR) is 96.7 cm³/mol. The van der Waals surface area contributed by atoms with Gasteiger partial charge in [-0.2, -0.15) is 0 Å². The Bertz CT molecular complexity index is 215. The first kappa shape index (κ1) is 21.8. The van der Waals surface area contributed by atoms with Crippen LogP contribution in [0.25, 0.3) is 0 Å². The summed E-state index contributed by atoms with van der Waals surface area (Å²) in [4.78, 5) is 0. The molecule has 0 amide bonds. The Hall–Kier alpha value is -0.240. The fraction of sp³-hybridized carbons (Fsp3) is 1.00. The predicted octanol–water partition coefficient (Wildman–Crippen LogP) is -0.142. The Morgan fingerprint density at radius 2 is 1.00 bits per heavy atom. The first-order valence-electron chi connectivity index (χ1n) is 9.05. The van der Waals surface area contributed by atoms with Crippen LogP contribution < -0.4 is 33.6 Å². The Kier molecular flexibility index (Phi) is 16.9. The van der Waals surface area contributed by atoms with Crippen molar-refractivity contribution in [2.75, 3.05) is 39.3 Å². The van der Waals surface area contributed by atoms with Crippen LogP contribution in [0, 0.1) is 0 Å². The van der Waals surface area contributed by atoms with Crippen molar-refractivity contribution in [1.82, 2.24) is 10.6 Å². The van der Waals surface area contributed by atoms with E-state index in [1.807, 2.05) is 0 Å². The Labute approximate surface area is 137 Å². The van der Waals surface area contributed by atoms with Crippen LogP contribution in [0.15, 0.2) is 0 Å². The average molecular weight is 317 g/mol. The zero-order valence-electron chi connectivity index (χ0n) is 14.4. The van der Waals surface area contributed by atoms with Gasteiger partial charge in [0.15, 0.2) is 0 Å². The van der Waals surface area contributed by atoms with Crippen LogP contribution in [0.1, 0.15) is 51.4 Å². The molecule has 6 heteroatoms. The highest BCUT2D eigenvalue weighted by atomic mass is 14.9. The zero-order chi connectivity index (χ0) is 16.5. The van der Waals surface area contributed by atoms with Gasteiger partial charge in [-0.1, -0.05) is 6.42 Å². The molecule has 0 aliphatic heterocycles. The standard InChI is InChI=1S/C16H40N6/c17-9-2-1-7-15(19)16(20)8-5-13-21-11-3-4-12-22-14-6-10-18/h15-16,21-22H,1-14,17-20H2. The summed E-state index contributed by atoms with van der Waals surface area (Å²) in [7, 11) is 0. The summed E-state index contributed by atoms with van der Waals surface area (Å²) in [6, 6.07) is 0.234. The molecule has 0 saturated carbocycles. The summed E-state index contributed by atoms with van der Waals surface area (Å²) >= 11 is 0. The van der Waals surface area contributed by atoms with Crippen molar-refractivity contribution in [3.05, 3.63) is 0 Å². The third-order valence-corrected chi connectivity index (χ3v) is 3.95. The summed E-state index contributed by atoms with van der Waals surface area (Å²) in [5.41, 5.74) is 23.1. The highest BCUT2D eigenvalue weighted by Crippen LogP contribution is 2.05. The van der Waals surface area contributed by atoms with Gasteiger partial charge >= 0.3 is 0 Å². The van der Waals surface area contributed by atoms with Crippen molar-refractivity contribution in [3.8, 4) is 0 Å². The second kappa shape index (κ2) is 17.1. The van der Waals surface area contributed by atoms with Crippen LogP contribution in [0.3, 0.4) is 0 Å². The molecule has 0 fully saturated rings. The molecular formula is C16H40N6. The normalized spacial score (nSPS) is 14.2. The molecule has 0 aromatic heterocycles. The maximum absolute atomic E-state index is 6.12. The Balaban J connectivity index is 3.24. The molecule has 10 N–H and O–H groups in total. The first-order valence-corrected chi connectivity index (χ1v) is 9.05. The van der Waals surface area contributed by atoms with Crippen molar-refractivity contribution in [3.63, 3.8) is 0 Å². The fourth-order valence-electron chi connectivity index (χ4n) is 2.39. The van der Waals surface area contributed by atoms with Gasteiger partial charge in [0.25, 0.3) is 0 Å². The molecule has 0 saturated heterocycles. The van der Waals surface area contributed by atoms with Gasteiger partial charge in [-0.15, -0.1) is 0 Å². The van der Waals surface area contributed by atoms with E-state index in [2.05, 4.69) is 10.6 Å². The fourth-order valence-corrected chi connectivity index (χ4v) is 2.39. The van der Waals surface area contributed by atoms with Crippen LogP contribution in [-0.2, 0) is 0 Å². The molecule has 0 aromatic rings. The number of hydrogen-bond acceptors (Lipinski definition) is 6. The highest BCUT2D eigenvalue weighted by molar-refractivity contribution is 4.76. The molecular weight excluding hydrogens is 276 g/mol. The summed E-state index contributed by atoms with van der Waals surface area (Å²) in [5.74, 6) is 0. The van der Waals surface area contributed by atoms with Gasteiger partial charge in [0, 0.05) is 12.1 Å². The van der Waals surface area contributed by atoms with E-state index < -0.39 is 0 Å². The number of hydrogen-bond donors (Lipinski definition) is 6. The van der Waals surface area contributed by atoms with E-state index in [0.717, 1.165) is 77.8 Å². The van der Waals surface area contributed by atoms with Gasteiger partial charge < -0.3 is 33.6 Å².